The summed E-state index contributed by atoms with van der Waals surface area (Å²) in [7, 11) is -4.09. The molecule has 40 heavy (non-hydrogen) atoms. The van der Waals surface area contributed by atoms with Gasteiger partial charge in [0.05, 0.1) is 10.6 Å². The first-order chi connectivity index (χ1) is 18.8. The lowest BCUT2D eigenvalue weighted by Gasteiger charge is -2.32. The van der Waals surface area contributed by atoms with E-state index in [1.54, 1.807) is 43.3 Å². The third-order valence-corrected chi connectivity index (χ3v) is 8.50. The number of rotatable bonds is 11. The second kappa shape index (κ2) is 13.1. The molecule has 0 fully saturated rings. The summed E-state index contributed by atoms with van der Waals surface area (Å²) in [4.78, 5) is 28.7. The lowest BCUT2D eigenvalue weighted by Crippen LogP contribution is -2.51. The summed E-state index contributed by atoms with van der Waals surface area (Å²) in [5.74, 6) is -0.506. The van der Waals surface area contributed by atoms with Crippen LogP contribution < -0.4 is 9.62 Å². The van der Waals surface area contributed by atoms with Crippen LogP contribution in [0.3, 0.4) is 0 Å². The number of amides is 2. The van der Waals surface area contributed by atoms with Crippen LogP contribution in [-0.4, -0.2) is 44.3 Å². The minimum absolute atomic E-state index is 0.0952. The minimum atomic E-state index is -4.09. The van der Waals surface area contributed by atoms with Crippen molar-refractivity contribution >= 4 is 27.5 Å². The van der Waals surface area contributed by atoms with Crippen molar-refractivity contribution in [2.45, 2.75) is 65.9 Å². The summed E-state index contributed by atoms with van der Waals surface area (Å²) in [6, 6.07) is 19.0. The highest BCUT2D eigenvalue weighted by atomic mass is 32.2. The molecule has 0 aliphatic rings. The lowest BCUT2D eigenvalue weighted by atomic mass is 10.1. The number of hydrogen-bond donors (Lipinski definition) is 1. The Morgan fingerprint density at radius 3 is 1.82 bits per heavy atom. The highest BCUT2D eigenvalue weighted by Gasteiger charge is 2.32. The zero-order valence-electron chi connectivity index (χ0n) is 24.6. The first-order valence-electron chi connectivity index (χ1n) is 13.6. The van der Waals surface area contributed by atoms with Crippen LogP contribution >= 0.6 is 0 Å². The number of sulfonamides is 1. The first-order valence-corrected chi connectivity index (χ1v) is 15.0. The van der Waals surface area contributed by atoms with Crippen LogP contribution in [0, 0.1) is 33.6 Å². The number of anilines is 1. The van der Waals surface area contributed by atoms with E-state index in [2.05, 4.69) is 5.32 Å². The molecule has 0 saturated heterocycles. The van der Waals surface area contributed by atoms with Gasteiger partial charge in [-0.1, -0.05) is 67.4 Å². The van der Waals surface area contributed by atoms with Crippen LogP contribution in [0.1, 0.15) is 48.6 Å². The van der Waals surface area contributed by atoms with Crippen LogP contribution in [0.25, 0.3) is 0 Å². The Hall–Kier alpha value is -3.65. The van der Waals surface area contributed by atoms with E-state index < -0.39 is 28.5 Å². The maximum absolute atomic E-state index is 14.0. The summed E-state index contributed by atoms with van der Waals surface area (Å²) < 4.78 is 29.1. The number of carbonyl (C=O) groups is 2. The summed E-state index contributed by atoms with van der Waals surface area (Å²) in [5, 5.41) is 2.91. The van der Waals surface area contributed by atoms with Crippen molar-refractivity contribution in [3.63, 3.8) is 0 Å². The number of hydrogen-bond acceptors (Lipinski definition) is 4. The van der Waals surface area contributed by atoms with E-state index in [9.17, 15) is 18.0 Å². The molecule has 0 heterocycles. The van der Waals surface area contributed by atoms with Gasteiger partial charge in [0.25, 0.3) is 10.0 Å². The summed E-state index contributed by atoms with van der Waals surface area (Å²) in [6.07, 6.45) is 0. The molecule has 1 atom stereocenters. The molecule has 0 spiro atoms. The quantitative estimate of drug-likeness (QED) is 0.343. The molecular weight excluding hydrogens is 522 g/mol. The molecular formula is C32H41N3O4S. The third-order valence-electron chi connectivity index (χ3n) is 6.71. The van der Waals surface area contributed by atoms with Crippen LogP contribution in [0.2, 0.25) is 0 Å². The summed E-state index contributed by atoms with van der Waals surface area (Å²) in [6.45, 7) is 13.5. The topological polar surface area (TPSA) is 86.8 Å². The molecule has 1 N–H and O–H groups in total. The predicted octanol–water partition coefficient (Wildman–Crippen LogP) is 5.31. The van der Waals surface area contributed by atoms with Gasteiger partial charge in [0.15, 0.2) is 0 Å². The Morgan fingerprint density at radius 2 is 1.30 bits per heavy atom. The molecule has 3 aromatic carbocycles. The van der Waals surface area contributed by atoms with Crippen LogP contribution in [0.15, 0.2) is 71.6 Å². The fraction of sp³-hybridized carbons (Fsp3) is 0.375. The molecule has 214 valence electrons. The molecule has 0 aliphatic heterocycles. The maximum Gasteiger partial charge on any atom is 0.264 e. The van der Waals surface area contributed by atoms with Gasteiger partial charge in [-0.2, -0.15) is 0 Å². The highest BCUT2D eigenvalue weighted by molar-refractivity contribution is 7.92. The molecule has 1 unspecified atom stereocenters. The van der Waals surface area contributed by atoms with Gasteiger partial charge in [-0.3, -0.25) is 13.9 Å². The van der Waals surface area contributed by atoms with Gasteiger partial charge < -0.3 is 10.2 Å². The van der Waals surface area contributed by atoms with Gasteiger partial charge in [0.2, 0.25) is 11.8 Å². The van der Waals surface area contributed by atoms with Gasteiger partial charge >= 0.3 is 0 Å². The second-order valence-corrected chi connectivity index (χ2v) is 12.9. The van der Waals surface area contributed by atoms with E-state index in [-0.39, 0.29) is 23.3 Å². The molecule has 0 bridgehead atoms. The van der Waals surface area contributed by atoms with Gasteiger partial charge in [0, 0.05) is 13.1 Å². The van der Waals surface area contributed by atoms with Crippen LogP contribution in [-0.2, 0) is 26.2 Å². The van der Waals surface area contributed by atoms with E-state index in [4.69, 9.17) is 0 Å². The first kappa shape index (κ1) is 30.9. The second-order valence-electron chi connectivity index (χ2n) is 11.0. The normalized spacial score (nSPS) is 12.2. The lowest BCUT2D eigenvalue weighted by molar-refractivity contribution is -0.139. The standard InChI is InChI=1S/C32H41N3O4S/c1-22(2)19-33-32(37)27(7)34(20-28-12-8-23(3)9-13-28)31(36)21-35(29-17-25(5)16-26(6)18-29)40(38,39)30-14-10-24(4)11-15-30/h8-18,22,27H,19-21H2,1-7H3,(H,33,37). The van der Waals surface area contributed by atoms with Crippen molar-refractivity contribution < 1.29 is 18.0 Å². The molecule has 0 radical (unpaired) electrons. The Labute approximate surface area is 239 Å². The smallest absolute Gasteiger partial charge is 0.264 e. The van der Waals surface area contributed by atoms with E-state index in [0.29, 0.717) is 12.2 Å². The number of benzene rings is 3. The van der Waals surface area contributed by atoms with Crippen molar-refractivity contribution in [1.29, 1.82) is 0 Å². The van der Waals surface area contributed by atoms with Gasteiger partial charge in [-0.15, -0.1) is 0 Å². The highest BCUT2D eigenvalue weighted by Crippen LogP contribution is 2.27. The Balaban J connectivity index is 2.04. The molecule has 2 amide bonds. The molecule has 3 rings (SSSR count). The molecule has 3 aromatic rings. The van der Waals surface area contributed by atoms with Gasteiger partial charge in [0.1, 0.15) is 12.6 Å². The molecule has 7 nitrogen and oxygen atoms in total. The fourth-order valence-corrected chi connectivity index (χ4v) is 5.78. The molecule has 0 aromatic heterocycles. The SMILES string of the molecule is Cc1ccc(CN(C(=O)CN(c2cc(C)cc(C)c2)S(=O)(=O)c2ccc(C)cc2)C(C)C(=O)NCC(C)C)cc1. The minimum Gasteiger partial charge on any atom is -0.354 e. The largest absolute Gasteiger partial charge is 0.354 e. The molecule has 8 heteroatoms. The number of nitrogens with one attached hydrogen (secondary N) is 1. The van der Waals surface area contributed by atoms with E-state index in [0.717, 1.165) is 32.1 Å². The van der Waals surface area contributed by atoms with Crippen LogP contribution in [0.5, 0.6) is 0 Å². The van der Waals surface area contributed by atoms with Crippen molar-refractivity contribution in [3.05, 3.63) is 94.5 Å². The average Bonchev–Trinajstić information content (AvgIpc) is 2.89. The average molecular weight is 564 g/mol. The van der Waals surface area contributed by atoms with Crippen molar-refractivity contribution in [3.8, 4) is 0 Å². The van der Waals surface area contributed by atoms with Crippen LogP contribution in [0.4, 0.5) is 5.69 Å². The van der Waals surface area contributed by atoms with Crippen molar-refractivity contribution in [1.82, 2.24) is 10.2 Å². The fourth-order valence-electron chi connectivity index (χ4n) is 4.39. The molecule has 0 aliphatic carbocycles. The number of aryl methyl sites for hydroxylation is 4. The Kier molecular flexibility index (Phi) is 10.1. The van der Waals surface area contributed by atoms with Gasteiger partial charge in [-0.25, -0.2) is 8.42 Å². The van der Waals surface area contributed by atoms with E-state index in [1.807, 2.05) is 71.9 Å². The third kappa shape index (κ3) is 7.94. The van der Waals surface area contributed by atoms with E-state index >= 15 is 0 Å². The zero-order chi connectivity index (χ0) is 29.6. The zero-order valence-corrected chi connectivity index (χ0v) is 25.4. The monoisotopic (exact) mass is 563 g/mol. The van der Waals surface area contributed by atoms with Crippen molar-refractivity contribution in [2.75, 3.05) is 17.4 Å². The molecule has 0 saturated carbocycles. The number of carbonyl (C=O) groups excluding carboxylic acids is 2. The predicted molar refractivity (Wildman–Crippen MR) is 161 cm³/mol. The Bertz CT molecular complexity index is 1410. The number of nitrogens with zero attached hydrogens (tertiary/aromatic N) is 2. The van der Waals surface area contributed by atoms with Crippen molar-refractivity contribution in [2.24, 2.45) is 5.92 Å². The maximum atomic E-state index is 14.0. The summed E-state index contributed by atoms with van der Waals surface area (Å²) in [5.41, 5.74) is 5.02. The summed E-state index contributed by atoms with van der Waals surface area (Å²) >= 11 is 0. The van der Waals surface area contributed by atoms with Gasteiger partial charge in [-0.05, 0) is 81.5 Å². The van der Waals surface area contributed by atoms with E-state index in [1.165, 1.54) is 4.90 Å². The Morgan fingerprint density at radius 1 is 0.775 bits per heavy atom.